The molecule has 0 aromatic rings. The normalized spacial score (nSPS) is 28.8. The van der Waals surface area contributed by atoms with Crippen molar-refractivity contribution in [3.63, 3.8) is 0 Å². The zero-order valence-corrected chi connectivity index (χ0v) is 7.55. The van der Waals surface area contributed by atoms with E-state index < -0.39 is 0 Å². The molecular weight excluding hydrogens is 154 g/mol. The van der Waals surface area contributed by atoms with Crippen LogP contribution in [0, 0.1) is 5.92 Å². The summed E-state index contributed by atoms with van der Waals surface area (Å²) in [7, 11) is 0. The standard InChI is InChI=1S/C9H17NO2/c1-7(11)10-5-4-8-2-3-9(12)6-8/h8-9,12H,2-6H2,1H3,(H,10,11)/t8-,9+/m1/s1. The van der Waals surface area contributed by atoms with Gasteiger partial charge in [-0.25, -0.2) is 0 Å². The lowest BCUT2D eigenvalue weighted by atomic mass is 10.0. The minimum absolute atomic E-state index is 0.0357. The van der Waals surface area contributed by atoms with Gasteiger partial charge in [0.05, 0.1) is 6.10 Å². The van der Waals surface area contributed by atoms with Crippen LogP contribution < -0.4 is 5.32 Å². The van der Waals surface area contributed by atoms with Crippen molar-refractivity contribution in [1.29, 1.82) is 0 Å². The summed E-state index contributed by atoms with van der Waals surface area (Å²) in [6.45, 7) is 2.29. The Balaban J connectivity index is 2.04. The molecule has 2 N–H and O–H groups in total. The van der Waals surface area contributed by atoms with E-state index in [2.05, 4.69) is 5.32 Å². The molecule has 0 aromatic carbocycles. The van der Waals surface area contributed by atoms with E-state index in [1.54, 1.807) is 0 Å². The molecule has 0 unspecified atom stereocenters. The SMILES string of the molecule is CC(=O)NCC[C@H]1CC[C@H](O)C1. The summed E-state index contributed by atoms with van der Waals surface area (Å²) in [6.07, 6.45) is 3.88. The van der Waals surface area contributed by atoms with E-state index in [0.29, 0.717) is 5.92 Å². The van der Waals surface area contributed by atoms with Crippen LogP contribution in [0.4, 0.5) is 0 Å². The van der Waals surface area contributed by atoms with Crippen molar-refractivity contribution < 1.29 is 9.90 Å². The monoisotopic (exact) mass is 171 g/mol. The molecule has 12 heavy (non-hydrogen) atoms. The van der Waals surface area contributed by atoms with Crippen molar-refractivity contribution >= 4 is 5.91 Å². The lowest BCUT2D eigenvalue weighted by Gasteiger charge is -2.08. The number of hydrogen-bond acceptors (Lipinski definition) is 2. The van der Waals surface area contributed by atoms with E-state index in [4.69, 9.17) is 0 Å². The Morgan fingerprint density at radius 3 is 2.83 bits per heavy atom. The van der Waals surface area contributed by atoms with Crippen LogP contribution in [0.25, 0.3) is 0 Å². The Morgan fingerprint density at radius 2 is 2.33 bits per heavy atom. The largest absolute Gasteiger partial charge is 0.393 e. The van der Waals surface area contributed by atoms with Crippen molar-refractivity contribution in [3.05, 3.63) is 0 Å². The first-order chi connectivity index (χ1) is 5.68. The molecular formula is C9H17NO2. The van der Waals surface area contributed by atoms with Crippen LogP contribution >= 0.6 is 0 Å². The van der Waals surface area contributed by atoms with Crippen LogP contribution in [0.5, 0.6) is 0 Å². The molecule has 3 heteroatoms. The number of carbonyl (C=O) groups is 1. The summed E-state index contributed by atoms with van der Waals surface area (Å²) >= 11 is 0. The zero-order chi connectivity index (χ0) is 8.97. The Morgan fingerprint density at radius 1 is 1.58 bits per heavy atom. The summed E-state index contributed by atoms with van der Waals surface area (Å²) in [4.78, 5) is 10.5. The molecule has 1 aliphatic rings. The number of aliphatic hydroxyl groups is 1. The maximum absolute atomic E-state index is 10.5. The maximum Gasteiger partial charge on any atom is 0.216 e. The number of aliphatic hydroxyl groups excluding tert-OH is 1. The zero-order valence-electron chi connectivity index (χ0n) is 7.55. The van der Waals surface area contributed by atoms with Gasteiger partial charge < -0.3 is 10.4 Å². The third-order valence-electron chi connectivity index (χ3n) is 2.44. The van der Waals surface area contributed by atoms with E-state index in [-0.39, 0.29) is 12.0 Å². The summed E-state index contributed by atoms with van der Waals surface area (Å²) in [5.74, 6) is 0.653. The highest BCUT2D eigenvalue weighted by Gasteiger charge is 2.21. The van der Waals surface area contributed by atoms with Gasteiger partial charge in [-0.1, -0.05) is 0 Å². The minimum atomic E-state index is -0.0904. The first kappa shape index (κ1) is 9.52. The van der Waals surface area contributed by atoms with E-state index in [0.717, 1.165) is 32.2 Å². The highest BCUT2D eigenvalue weighted by Crippen LogP contribution is 2.27. The topological polar surface area (TPSA) is 49.3 Å². The van der Waals surface area contributed by atoms with E-state index in [1.165, 1.54) is 6.92 Å². The van der Waals surface area contributed by atoms with Gasteiger partial charge in [0.15, 0.2) is 0 Å². The number of rotatable bonds is 3. The second kappa shape index (κ2) is 4.45. The molecule has 0 bridgehead atoms. The van der Waals surface area contributed by atoms with Crippen LogP contribution in [0.1, 0.15) is 32.6 Å². The summed E-state index contributed by atoms with van der Waals surface area (Å²) in [5.41, 5.74) is 0. The smallest absolute Gasteiger partial charge is 0.216 e. The minimum Gasteiger partial charge on any atom is -0.393 e. The molecule has 1 rings (SSSR count). The van der Waals surface area contributed by atoms with Crippen molar-refractivity contribution in [2.45, 2.75) is 38.7 Å². The van der Waals surface area contributed by atoms with Gasteiger partial charge in [0, 0.05) is 13.5 Å². The van der Waals surface area contributed by atoms with Gasteiger partial charge in [-0.05, 0) is 31.6 Å². The molecule has 1 saturated carbocycles. The van der Waals surface area contributed by atoms with Crippen LogP contribution in [-0.2, 0) is 4.79 Å². The van der Waals surface area contributed by atoms with Crippen molar-refractivity contribution in [3.8, 4) is 0 Å². The van der Waals surface area contributed by atoms with Crippen molar-refractivity contribution in [1.82, 2.24) is 5.32 Å². The summed E-state index contributed by atoms with van der Waals surface area (Å²) < 4.78 is 0. The van der Waals surface area contributed by atoms with Crippen molar-refractivity contribution in [2.75, 3.05) is 6.54 Å². The van der Waals surface area contributed by atoms with Gasteiger partial charge >= 0.3 is 0 Å². The van der Waals surface area contributed by atoms with E-state index in [1.807, 2.05) is 0 Å². The average molecular weight is 171 g/mol. The maximum atomic E-state index is 10.5. The molecule has 70 valence electrons. The summed E-state index contributed by atoms with van der Waals surface area (Å²) in [5, 5.41) is 12.0. The quantitative estimate of drug-likeness (QED) is 0.656. The second-order valence-corrected chi connectivity index (χ2v) is 3.60. The number of amides is 1. The lowest BCUT2D eigenvalue weighted by Crippen LogP contribution is -2.22. The fourth-order valence-electron chi connectivity index (χ4n) is 1.76. The average Bonchev–Trinajstić information content (AvgIpc) is 2.35. The fourth-order valence-corrected chi connectivity index (χ4v) is 1.76. The molecule has 1 amide bonds. The first-order valence-corrected chi connectivity index (χ1v) is 4.61. The fraction of sp³-hybridized carbons (Fsp3) is 0.889. The molecule has 0 aliphatic heterocycles. The Kier molecular flexibility index (Phi) is 3.53. The van der Waals surface area contributed by atoms with E-state index in [9.17, 15) is 9.90 Å². The third kappa shape index (κ3) is 3.22. The molecule has 2 atom stereocenters. The lowest BCUT2D eigenvalue weighted by molar-refractivity contribution is -0.118. The van der Waals surface area contributed by atoms with Gasteiger partial charge in [0.2, 0.25) is 5.91 Å². The number of nitrogens with one attached hydrogen (secondary N) is 1. The van der Waals surface area contributed by atoms with E-state index >= 15 is 0 Å². The van der Waals surface area contributed by atoms with Crippen LogP contribution in [0.2, 0.25) is 0 Å². The second-order valence-electron chi connectivity index (χ2n) is 3.60. The third-order valence-corrected chi connectivity index (χ3v) is 2.44. The molecule has 0 spiro atoms. The highest BCUT2D eigenvalue weighted by molar-refractivity contribution is 5.72. The van der Waals surface area contributed by atoms with Crippen molar-refractivity contribution in [2.24, 2.45) is 5.92 Å². The van der Waals surface area contributed by atoms with Gasteiger partial charge in [0.25, 0.3) is 0 Å². The van der Waals surface area contributed by atoms with Crippen LogP contribution in [0.3, 0.4) is 0 Å². The Labute approximate surface area is 73.2 Å². The van der Waals surface area contributed by atoms with Gasteiger partial charge in [-0.15, -0.1) is 0 Å². The molecule has 0 heterocycles. The predicted octanol–water partition coefficient (Wildman–Crippen LogP) is 0.674. The summed E-state index contributed by atoms with van der Waals surface area (Å²) in [6, 6.07) is 0. The molecule has 1 aliphatic carbocycles. The van der Waals surface area contributed by atoms with Gasteiger partial charge in [0.1, 0.15) is 0 Å². The molecule has 1 fully saturated rings. The predicted molar refractivity (Wildman–Crippen MR) is 46.6 cm³/mol. The number of carbonyl (C=O) groups excluding carboxylic acids is 1. The van der Waals surface area contributed by atoms with Gasteiger partial charge in [-0.3, -0.25) is 4.79 Å². The van der Waals surface area contributed by atoms with Gasteiger partial charge in [-0.2, -0.15) is 0 Å². The number of hydrogen-bond donors (Lipinski definition) is 2. The molecule has 0 aromatic heterocycles. The van der Waals surface area contributed by atoms with Crippen LogP contribution in [0.15, 0.2) is 0 Å². The Hall–Kier alpha value is -0.570. The Bertz CT molecular complexity index is 159. The molecule has 0 radical (unpaired) electrons. The molecule has 0 saturated heterocycles. The highest BCUT2D eigenvalue weighted by atomic mass is 16.3. The van der Waals surface area contributed by atoms with Crippen LogP contribution in [-0.4, -0.2) is 23.7 Å². The first-order valence-electron chi connectivity index (χ1n) is 4.61. The molecule has 3 nitrogen and oxygen atoms in total.